The average Bonchev–Trinajstić information content (AvgIpc) is 2.80. The molecular weight excluding hydrogens is 430 g/mol. The van der Waals surface area contributed by atoms with Crippen LogP contribution in [-0.4, -0.2) is 30.5 Å². The van der Waals surface area contributed by atoms with Gasteiger partial charge in [0.15, 0.2) is 0 Å². The van der Waals surface area contributed by atoms with Crippen LogP contribution in [0.2, 0.25) is 0 Å². The Hall–Kier alpha value is -3.35. The number of nitrogens with one attached hydrogen (secondary N) is 2. The van der Waals surface area contributed by atoms with Crippen LogP contribution in [-0.2, 0) is 32.8 Å². The lowest BCUT2D eigenvalue weighted by molar-refractivity contribution is -0.127. The molecule has 0 aliphatic rings. The third-order valence-electron chi connectivity index (χ3n) is 5.50. The maximum absolute atomic E-state index is 12.3. The summed E-state index contributed by atoms with van der Waals surface area (Å²) < 4.78 is 5.15. The molecule has 2 aromatic carbocycles. The fourth-order valence-corrected chi connectivity index (χ4v) is 3.42. The van der Waals surface area contributed by atoms with Gasteiger partial charge in [-0.3, -0.25) is 9.59 Å². The van der Waals surface area contributed by atoms with Gasteiger partial charge in [0.2, 0.25) is 11.8 Å². The van der Waals surface area contributed by atoms with Crippen molar-refractivity contribution >= 4 is 17.9 Å². The van der Waals surface area contributed by atoms with Crippen LogP contribution >= 0.6 is 0 Å². The molecule has 0 fully saturated rings. The van der Waals surface area contributed by atoms with Crippen molar-refractivity contribution in [3.05, 3.63) is 71.3 Å². The molecule has 0 heterocycles. The van der Waals surface area contributed by atoms with E-state index in [4.69, 9.17) is 10.5 Å². The summed E-state index contributed by atoms with van der Waals surface area (Å²) in [6.45, 7) is 7.13. The molecule has 0 aliphatic heterocycles. The zero-order valence-corrected chi connectivity index (χ0v) is 20.4. The smallest absolute Gasteiger partial charge is 0.407 e. The predicted octanol–water partition coefficient (Wildman–Crippen LogP) is 3.98. The van der Waals surface area contributed by atoms with Crippen LogP contribution in [0.25, 0.3) is 0 Å². The van der Waals surface area contributed by atoms with Crippen LogP contribution in [0.3, 0.4) is 0 Å². The van der Waals surface area contributed by atoms with Crippen molar-refractivity contribution < 1.29 is 19.1 Å². The number of alkyl carbamates (subject to hydrolysis) is 1. The lowest BCUT2D eigenvalue weighted by atomic mass is 9.86. The molecule has 0 spiro atoms. The Balaban J connectivity index is 1.63. The van der Waals surface area contributed by atoms with E-state index in [0.717, 1.165) is 24.0 Å². The summed E-state index contributed by atoms with van der Waals surface area (Å²) in [5, 5.41) is 5.45. The van der Waals surface area contributed by atoms with Gasteiger partial charge in [0.1, 0.15) is 12.6 Å². The monoisotopic (exact) mass is 467 g/mol. The van der Waals surface area contributed by atoms with Gasteiger partial charge < -0.3 is 21.1 Å². The number of unbranched alkanes of at least 4 members (excludes halogenated alkanes) is 2. The van der Waals surface area contributed by atoms with Crippen LogP contribution in [0.5, 0.6) is 0 Å². The summed E-state index contributed by atoms with van der Waals surface area (Å²) in [6.07, 6.45) is 2.35. The van der Waals surface area contributed by atoms with Crippen LogP contribution < -0.4 is 16.4 Å². The lowest BCUT2D eigenvalue weighted by Crippen LogP contribution is -2.45. The second-order valence-electron chi connectivity index (χ2n) is 9.47. The fourth-order valence-electron chi connectivity index (χ4n) is 3.42. The number of primary amides is 1. The molecule has 3 amide bonds. The normalized spacial score (nSPS) is 12.0. The van der Waals surface area contributed by atoms with Crippen LogP contribution in [0.15, 0.2) is 54.6 Å². The number of hydrogen-bond acceptors (Lipinski definition) is 4. The molecule has 34 heavy (non-hydrogen) atoms. The third kappa shape index (κ3) is 10.1. The Labute approximate surface area is 202 Å². The van der Waals surface area contributed by atoms with E-state index in [2.05, 4.69) is 31.4 Å². The van der Waals surface area contributed by atoms with E-state index < -0.39 is 18.0 Å². The summed E-state index contributed by atoms with van der Waals surface area (Å²) in [6, 6.07) is 16.8. The molecular formula is C27H37N3O4. The standard InChI is InChI=1S/C27H37N3O4/c1-27(2,3)22-15-13-20(14-16-22)18-23(25(28)32)30-24(31)12-8-5-9-17-29-26(33)34-19-21-10-6-4-7-11-21/h4,6-7,10-11,13-16,23H,5,8-9,12,17-19H2,1-3H3,(H2,28,32)(H,29,33)(H,30,31)/t23-/m0/s1. The van der Waals surface area contributed by atoms with Gasteiger partial charge in [0, 0.05) is 19.4 Å². The zero-order chi connectivity index (χ0) is 25.0. The van der Waals surface area contributed by atoms with Crippen molar-refractivity contribution in [2.24, 2.45) is 5.73 Å². The maximum Gasteiger partial charge on any atom is 0.407 e. The fraction of sp³-hybridized carbons (Fsp3) is 0.444. The van der Waals surface area contributed by atoms with E-state index in [0.29, 0.717) is 25.8 Å². The first kappa shape index (κ1) is 26.9. The van der Waals surface area contributed by atoms with Gasteiger partial charge in [0.05, 0.1) is 0 Å². The van der Waals surface area contributed by atoms with Gasteiger partial charge in [-0.05, 0) is 34.9 Å². The number of ether oxygens (including phenoxy) is 1. The summed E-state index contributed by atoms with van der Waals surface area (Å²) in [4.78, 5) is 35.8. The first-order valence-electron chi connectivity index (χ1n) is 11.8. The highest BCUT2D eigenvalue weighted by molar-refractivity contribution is 5.86. The average molecular weight is 468 g/mol. The van der Waals surface area contributed by atoms with Crippen LogP contribution in [0.1, 0.15) is 63.1 Å². The summed E-state index contributed by atoms with van der Waals surface area (Å²) in [5.41, 5.74) is 8.64. The minimum atomic E-state index is -0.742. The predicted molar refractivity (Wildman–Crippen MR) is 133 cm³/mol. The highest BCUT2D eigenvalue weighted by atomic mass is 16.5. The molecule has 2 rings (SSSR count). The third-order valence-corrected chi connectivity index (χ3v) is 5.50. The lowest BCUT2D eigenvalue weighted by Gasteiger charge is -2.20. The molecule has 4 N–H and O–H groups in total. The Morgan fingerprint density at radius 1 is 0.912 bits per heavy atom. The first-order chi connectivity index (χ1) is 16.1. The maximum atomic E-state index is 12.3. The molecule has 1 atom stereocenters. The molecule has 0 saturated heterocycles. The molecule has 0 aromatic heterocycles. The molecule has 0 radical (unpaired) electrons. The minimum Gasteiger partial charge on any atom is -0.445 e. The molecule has 7 heteroatoms. The Kier molecular flexibility index (Phi) is 10.6. The quantitative estimate of drug-likeness (QED) is 0.410. The second-order valence-corrected chi connectivity index (χ2v) is 9.47. The van der Waals surface area contributed by atoms with E-state index in [1.807, 2.05) is 54.6 Å². The van der Waals surface area contributed by atoms with Gasteiger partial charge >= 0.3 is 6.09 Å². The SMILES string of the molecule is CC(C)(C)c1ccc(C[C@H](NC(=O)CCCCCNC(=O)OCc2ccccc2)C(N)=O)cc1. The second kappa shape index (κ2) is 13.4. The van der Waals surface area contributed by atoms with Crippen molar-refractivity contribution in [3.8, 4) is 0 Å². The number of rotatable bonds is 12. The van der Waals surface area contributed by atoms with Crippen molar-refractivity contribution in [1.82, 2.24) is 10.6 Å². The van der Waals surface area contributed by atoms with Gasteiger partial charge in [-0.25, -0.2) is 4.79 Å². The number of hydrogen-bond donors (Lipinski definition) is 3. The largest absolute Gasteiger partial charge is 0.445 e. The van der Waals surface area contributed by atoms with Crippen LogP contribution in [0, 0.1) is 0 Å². The van der Waals surface area contributed by atoms with E-state index in [-0.39, 0.29) is 17.9 Å². The van der Waals surface area contributed by atoms with Gasteiger partial charge in [-0.15, -0.1) is 0 Å². The number of nitrogens with two attached hydrogens (primary N) is 1. The van der Waals surface area contributed by atoms with Crippen molar-refractivity contribution in [3.63, 3.8) is 0 Å². The number of carbonyl (C=O) groups excluding carboxylic acids is 3. The summed E-state index contributed by atoms with van der Waals surface area (Å²) in [7, 11) is 0. The molecule has 184 valence electrons. The number of benzene rings is 2. The topological polar surface area (TPSA) is 111 Å². The van der Waals surface area contributed by atoms with Crippen molar-refractivity contribution in [1.29, 1.82) is 0 Å². The van der Waals surface area contributed by atoms with Gasteiger partial charge in [0.25, 0.3) is 0 Å². The molecule has 0 saturated carbocycles. The zero-order valence-electron chi connectivity index (χ0n) is 20.4. The Bertz CT molecular complexity index is 921. The van der Waals surface area contributed by atoms with Crippen molar-refractivity contribution in [2.75, 3.05) is 6.54 Å². The van der Waals surface area contributed by atoms with E-state index in [1.54, 1.807) is 0 Å². The minimum absolute atomic E-state index is 0.0494. The highest BCUT2D eigenvalue weighted by Gasteiger charge is 2.19. The number of carbonyl (C=O) groups is 3. The summed E-state index contributed by atoms with van der Waals surface area (Å²) >= 11 is 0. The van der Waals surface area contributed by atoms with Gasteiger partial charge in [-0.1, -0.05) is 81.8 Å². The highest BCUT2D eigenvalue weighted by Crippen LogP contribution is 2.22. The number of amides is 3. The summed E-state index contributed by atoms with van der Waals surface area (Å²) in [5.74, 6) is -0.753. The van der Waals surface area contributed by atoms with E-state index >= 15 is 0 Å². The van der Waals surface area contributed by atoms with Crippen molar-refractivity contribution in [2.45, 2.75) is 70.9 Å². The molecule has 0 aliphatic carbocycles. The first-order valence-corrected chi connectivity index (χ1v) is 11.8. The molecule has 0 bridgehead atoms. The Morgan fingerprint density at radius 2 is 1.59 bits per heavy atom. The van der Waals surface area contributed by atoms with Crippen LogP contribution in [0.4, 0.5) is 4.79 Å². The molecule has 0 unspecified atom stereocenters. The van der Waals surface area contributed by atoms with E-state index in [1.165, 1.54) is 5.56 Å². The van der Waals surface area contributed by atoms with Gasteiger partial charge in [-0.2, -0.15) is 0 Å². The molecule has 2 aromatic rings. The Morgan fingerprint density at radius 3 is 2.21 bits per heavy atom. The van der Waals surface area contributed by atoms with E-state index in [9.17, 15) is 14.4 Å². The molecule has 7 nitrogen and oxygen atoms in total.